The summed E-state index contributed by atoms with van der Waals surface area (Å²) in [4.78, 5) is 15.1. The fraction of sp³-hybridized carbons (Fsp3) is 0.348. The Labute approximate surface area is 176 Å². The Hall–Kier alpha value is -2.73. The van der Waals surface area contributed by atoms with Crippen LogP contribution in [-0.4, -0.2) is 32.1 Å². The standard InChI is InChI=1S/C23H26N4OS/c1-16-9-11-18(12-10-16)22-24-25-23(29)27(22)15-13-21(28)26-14-5-8-20(26)19-7-4-3-6-17(19)2/h3-4,6-7,9-12,20H,5,8,13-15H2,1-2H3,(H,25,29)/t20-/m0/s1. The monoisotopic (exact) mass is 406 g/mol. The number of hydrogen-bond acceptors (Lipinski definition) is 3. The molecule has 0 aliphatic carbocycles. The highest BCUT2D eigenvalue weighted by Crippen LogP contribution is 2.34. The van der Waals surface area contributed by atoms with Gasteiger partial charge in [-0.05, 0) is 50.0 Å². The molecule has 5 nitrogen and oxygen atoms in total. The van der Waals surface area contributed by atoms with Crippen LogP contribution in [0.5, 0.6) is 0 Å². The van der Waals surface area contributed by atoms with Gasteiger partial charge in [-0.3, -0.25) is 14.5 Å². The molecule has 0 unspecified atom stereocenters. The quantitative estimate of drug-likeness (QED) is 0.608. The number of nitrogens with zero attached hydrogens (tertiary/aromatic N) is 3. The molecule has 1 fully saturated rings. The van der Waals surface area contributed by atoms with Crippen LogP contribution >= 0.6 is 12.2 Å². The van der Waals surface area contributed by atoms with Crippen molar-refractivity contribution < 1.29 is 4.79 Å². The molecule has 0 radical (unpaired) electrons. The van der Waals surface area contributed by atoms with Crippen LogP contribution in [0.1, 0.15) is 42.0 Å². The molecule has 6 heteroatoms. The van der Waals surface area contributed by atoms with Gasteiger partial charge in [0.15, 0.2) is 10.6 Å². The molecule has 1 aromatic heterocycles. The number of rotatable bonds is 5. The van der Waals surface area contributed by atoms with Gasteiger partial charge in [0.05, 0.1) is 6.04 Å². The minimum Gasteiger partial charge on any atom is -0.336 e. The first-order valence-electron chi connectivity index (χ1n) is 10.1. The van der Waals surface area contributed by atoms with Crippen molar-refractivity contribution in [3.05, 3.63) is 70.0 Å². The summed E-state index contributed by atoms with van der Waals surface area (Å²) in [6.07, 6.45) is 2.48. The first kappa shape index (κ1) is 19.6. The van der Waals surface area contributed by atoms with Crippen LogP contribution in [0.25, 0.3) is 11.4 Å². The first-order chi connectivity index (χ1) is 14.0. The van der Waals surface area contributed by atoms with Gasteiger partial charge in [-0.25, -0.2) is 0 Å². The molecule has 1 aliphatic heterocycles. The number of aryl methyl sites for hydroxylation is 2. The molecular weight excluding hydrogens is 380 g/mol. The van der Waals surface area contributed by atoms with E-state index < -0.39 is 0 Å². The predicted molar refractivity (Wildman–Crippen MR) is 117 cm³/mol. The zero-order valence-corrected chi connectivity index (χ0v) is 17.7. The van der Waals surface area contributed by atoms with Crippen LogP contribution in [0.15, 0.2) is 48.5 Å². The normalized spacial score (nSPS) is 16.3. The number of aromatic nitrogens is 3. The van der Waals surface area contributed by atoms with Crippen LogP contribution in [0.3, 0.4) is 0 Å². The fourth-order valence-electron chi connectivity index (χ4n) is 4.15. The molecule has 150 valence electrons. The van der Waals surface area contributed by atoms with Crippen molar-refractivity contribution in [3.63, 3.8) is 0 Å². The maximum atomic E-state index is 13.1. The highest BCUT2D eigenvalue weighted by atomic mass is 32.1. The Balaban J connectivity index is 1.50. The van der Waals surface area contributed by atoms with Crippen LogP contribution in [0.2, 0.25) is 0 Å². The van der Waals surface area contributed by atoms with Gasteiger partial charge >= 0.3 is 0 Å². The van der Waals surface area contributed by atoms with E-state index in [1.807, 2.05) is 27.7 Å². The van der Waals surface area contributed by atoms with E-state index in [2.05, 4.69) is 54.4 Å². The molecule has 1 saturated heterocycles. The molecule has 0 saturated carbocycles. The van der Waals surface area contributed by atoms with Gasteiger partial charge in [0.2, 0.25) is 5.91 Å². The van der Waals surface area contributed by atoms with Gasteiger partial charge in [0.1, 0.15) is 0 Å². The van der Waals surface area contributed by atoms with Crippen molar-refractivity contribution >= 4 is 18.1 Å². The second-order valence-corrected chi connectivity index (χ2v) is 8.11. The summed E-state index contributed by atoms with van der Waals surface area (Å²) in [7, 11) is 0. The highest BCUT2D eigenvalue weighted by molar-refractivity contribution is 7.71. The van der Waals surface area contributed by atoms with E-state index in [0.717, 1.165) is 30.8 Å². The molecule has 1 N–H and O–H groups in total. The van der Waals surface area contributed by atoms with Crippen LogP contribution in [0, 0.1) is 18.6 Å². The van der Waals surface area contributed by atoms with E-state index >= 15 is 0 Å². The van der Waals surface area contributed by atoms with Crippen molar-refractivity contribution in [3.8, 4) is 11.4 Å². The highest BCUT2D eigenvalue weighted by Gasteiger charge is 2.30. The average Bonchev–Trinajstić information content (AvgIpc) is 3.34. The maximum absolute atomic E-state index is 13.1. The summed E-state index contributed by atoms with van der Waals surface area (Å²) in [6, 6.07) is 16.7. The van der Waals surface area contributed by atoms with E-state index in [9.17, 15) is 4.79 Å². The Morgan fingerprint density at radius 1 is 1.17 bits per heavy atom. The van der Waals surface area contributed by atoms with Gasteiger partial charge in [0.25, 0.3) is 0 Å². The smallest absolute Gasteiger partial charge is 0.224 e. The van der Waals surface area contributed by atoms with Crippen molar-refractivity contribution in [2.45, 2.75) is 45.7 Å². The summed E-state index contributed by atoms with van der Waals surface area (Å²) in [5, 5.41) is 7.26. The maximum Gasteiger partial charge on any atom is 0.224 e. The Kier molecular flexibility index (Phi) is 5.62. The number of H-pyrrole nitrogens is 1. The molecule has 2 aromatic carbocycles. The van der Waals surface area contributed by atoms with Gasteiger partial charge in [-0.15, -0.1) is 0 Å². The number of hydrogen-bond donors (Lipinski definition) is 1. The number of likely N-dealkylation sites (tertiary alicyclic amines) is 1. The molecule has 29 heavy (non-hydrogen) atoms. The molecule has 1 aliphatic rings. The number of carbonyl (C=O) groups excluding carboxylic acids is 1. The Morgan fingerprint density at radius 2 is 1.93 bits per heavy atom. The zero-order valence-electron chi connectivity index (χ0n) is 16.9. The largest absolute Gasteiger partial charge is 0.336 e. The second-order valence-electron chi connectivity index (χ2n) is 7.72. The summed E-state index contributed by atoms with van der Waals surface area (Å²) in [5.41, 5.74) is 4.70. The molecule has 0 spiro atoms. The van der Waals surface area contributed by atoms with E-state index in [1.165, 1.54) is 16.7 Å². The number of nitrogens with one attached hydrogen (secondary N) is 1. The third-order valence-electron chi connectivity index (χ3n) is 5.74. The molecule has 1 amide bonds. The van der Waals surface area contributed by atoms with Crippen molar-refractivity contribution in [2.75, 3.05) is 6.54 Å². The summed E-state index contributed by atoms with van der Waals surface area (Å²) in [6.45, 7) is 5.52. The lowest BCUT2D eigenvalue weighted by atomic mass is 9.99. The summed E-state index contributed by atoms with van der Waals surface area (Å²) in [5.74, 6) is 0.952. The molecular formula is C23H26N4OS. The lowest BCUT2D eigenvalue weighted by Gasteiger charge is -2.26. The summed E-state index contributed by atoms with van der Waals surface area (Å²) >= 11 is 5.42. The number of amides is 1. The van der Waals surface area contributed by atoms with Gasteiger partial charge < -0.3 is 4.90 Å². The average molecular weight is 407 g/mol. The van der Waals surface area contributed by atoms with E-state index in [1.54, 1.807) is 0 Å². The predicted octanol–water partition coefficient (Wildman–Crippen LogP) is 4.98. The number of aromatic amines is 1. The number of benzene rings is 2. The van der Waals surface area contributed by atoms with Crippen molar-refractivity contribution in [1.29, 1.82) is 0 Å². The molecule has 1 atom stereocenters. The van der Waals surface area contributed by atoms with Gasteiger partial charge in [-0.2, -0.15) is 5.10 Å². The van der Waals surface area contributed by atoms with Gasteiger partial charge in [-0.1, -0.05) is 54.1 Å². The van der Waals surface area contributed by atoms with E-state index in [0.29, 0.717) is 17.7 Å². The van der Waals surface area contributed by atoms with E-state index in [4.69, 9.17) is 12.2 Å². The Bertz CT molecular complexity index is 1070. The van der Waals surface area contributed by atoms with E-state index in [-0.39, 0.29) is 11.9 Å². The lowest BCUT2D eigenvalue weighted by molar-refractivity contribution is -0.132. The molecule has 3 aromatic rings. The topological polar surface area (TPSA) is 53.9 Å². The van der Waals surface area contributed by atoms with Crippen molar-refractivity contribution in [2.24, 2.45) is 0 Å². The first-order valence-corrected chi connectivity index (χ1v) is 10.5. The third kappa shape index (κ3) is 4.03. The fourth-order valence-corrected chi connectivity index (χ4v) is 4.37. The van der Waals surface area contributed by atoms with Crippen molar-refractivity contribution in [1.82, 2.24) is 19.7 Å². The molecule has 4 rings (SSSR count). The lowest BCUT2D eigenvalue weighted by Crippen LogP contribution is -2.31. The Morgan fingerprint density at radius 3 is 2.69 bits per heavy atom. The van der Waals surface area contributed by atoms with Gasteiger partial charge in [0, 0.05) is 25.1 Å². The number of carbonyl (C=O) groups is 1. The third-order valence-corrected chi connectivity index (χ3v) is 6.05. The zero-order chi connectivity index (χ0) is 20.4. The second kappa shape index (κ2) is 8.33. The summed E-state index contributed by atoms with van der Waals surface area (Å²) < 4.78 is 2.47. The van der Waals surface area contributed by atoms with Crippen LogP contribution in [-0.2, 0) is 11.3 Å². The molecule has 0 bridgehead atoms. The molecule has 2 heterocycles. The minimum atomic E-state index is 0.175. The van der Waals surface area contributed by atoms with Crippen LogP contribution < -0.4 is 0 Å². The van der Waals surface area contributed by atoms with Crippen LogP contribution in [0.4, 0.5) is 0 Å². The minimum absolute atomic E-state index is 0.175. The SMILES string of the molecule is Cc1ccc(-c2n[nH]c(=S)n2CCC(=O)N2CCC[C@H]2c2ccccc2C)cc1.